The maximum absolute atomic E-state index is 5.77. The summed E-state index contributed by atoms with van der Waals surface area (Å²) in [5, 5.41) is 3.05. The topological polar surface area (TPSA) is 64.1 Å². The Morgan fingerprint density at radius 1 is 1.50 bits per heavy atom. The highest BCUT2D eigenvalue weighted by atomic mass is 14.8. The number of anilines is 1. The first kappa shape index (κ1) is 9.03. The van der Waals surface area contributed by atoms with Gasteiger partial charge in [-0.05, 0) is 17.7 Å². The van der Waals surface area contributed by atoms with Crippen LogP contribution in [0.5, 0.6) is 0 Å². The highest BCUT2D eigenvalue weighted by molar-refractivity contribution is 5.45. The Hall–Kier alpha value is -1.06. The molecular weight excluding hydrogens is 150 g/mol. The third kappa shape index (κ3) is 1.96. The van der Waals surface area contributed by atoms with E-state index < -0.39 is 0 Å². The van der Waals surface area contributed by atoms with Gasteiger partial charge in [-0.15, -0.1) is 0 Å². The largest absolute Gasteiger partial charge is 0.388 e. The Labute approximate surface area is 72.8 Å². The average Bonchev–Trinajstić information content (AvgIpc) is 2.17. The van der Waals surface area contributed by atoms with E-state index in [-0.39, 0.29) is 6.04 Å². The summed E-state index contributed by atoms with van der Waals surface area (Å²) in [7, 11) is 1.88. The van der Waals surface area contributed by atoms with Crippen molar-refractivity contribution < 1.29 is 0 Å². The van der Waals surface area contributed by atoms with Crippen LogP contribution in [0.25, 0.3) is 0 Å². The lowest BCUT2D eigenvalue weighted by atomic mass is 10.1. The molecule has 1 rings (SSSR count). The molecule has 0 aliphatic heterocycles. The smallest absolute Gasteiger partial charge is 0.0420 e. The maximum Gasteiger partial charge on any atom is 0.0420 e. The zero-order valence-corrected chi connectivity index (χ0v) is 7.25. The van der Waals surface area contributed by atoms with Crippen LogP contribution < -0.4 is 16.8 Å². The van der Waals surface area contributed by atoms with Crippen LogP contribution in [0.3, 0.4) is 0 Å². The van der Waals surface area contributed by atoms with Gasteiger partial charge in [-0.25, -0.2) is 0 Å². The monoisotopic (exact) mass is 165 g/mol. The summed E-state index contributed by atoms with van der Waals surface area (Å²) in [6.07, 6.45) is 0. The van der Waals surface area contributed by atoms with Crippen molar-refractivity contribution in [3.63, 3.8) is 0 Å². The number of nitrogens with one attached hydrogen (secondary N) is 1. The van der Waals surface area contributed by atoms with Crippen molar-refractivity contribution in [2.75, 3.05) is 18.9 Å². The zero-order valence-electron chi connectivity index (χ0n) is 7.25. The lowest BCUT2D eigenvalue weighted by Gasteiger charge is -2.10. The molecule has 5 N–H and O–H groups in total. The quantitative estimate of drug-likeness (QED) is 0.617. The Balaban J connectivity index is 2.86. The van der Waals surface area contributed by atoms with Gasteiger partial charge in [0.1, 0.15) is 0 Å². The van der Waals surface area contributed by atoms with Crippen LogP contribution >= 0.6 is 0 Å². The second-order valence-corrected chi connectivity index (χ2v) is 2.72. The lowest BCUT2D eigenvalue weighted by molar-refractivity contribution is 0.737. The predicted octanol–water partition coefficient (Wildman–Crippen LogP) is 0.687. The standard InChI is InChI=1S/C9H15N3/c1-12-8-4-2-3-7(5-8)9(11)6-10/h2-5,9,12H,6,10-11H2,1H3/t9-/m0/s1. The summed E-state index contributed by atoms with van der Waals surface area (Å²) in [5.74, 6) is 0. The molecule has 0 fully saturated rings. The number of hydrogen-bond acceptors (Lipinski definition) is 3. The SMILES string of the molecule is CNc1cccc([C@@H](N)CN)c1. The second kappa shape index (κ2) is 4.09. The summed E-state index contributed by atoms with van der Waals surface area (Å²) in [4.78, 5) is 0. The van der Waals surface area contributed by atoms with E-state index in [2.05, 4.69) is 5.32 Å². The van der Waals surface area contributed by atoms with Crippen molar-refractivity contribution in [2.24, 2.45) is 11.5 Å². The first-order chi connectivity index (χ1) is 5.77. The molecular formula is C9H15N3. The van der Waals surface area contributed by atoms with Crippen molar-refractivity contribution in [3.05, 3.63) is 29.8 Å². The molecule has 0 aliphatic carbocycles. The molecule has 0 spiro atoms. The Bertz CT molecular complexity index is 247. The van der Waals surface area contributed by atoms with Gasteiger partial charge in [0.05, 0.1) is 0 Å². The van der Waals surface area contributed by atoms with Gasteiger partial charge in [0.15, 0.2) is 0 Å². The molecule has 0 unspecified atom stereocenters. The number of nitrogens with two attached hydrogens (primary N) is 2. The maximum atomic E-state index is 5.77. The van der Waals surface area contributed by atoms with Crippen molar-refractivity contribution in [3.8, 4) is 0 Å². The van der Waals surface area contributed by atoms with Crippen molar-refractivity contribution in [1.82, 2.24) is 0 Å². The van der Waals surface area contributed by atoms with Crippen molar-refractivity contribution >= 4 is 5.69 Å². The van der Waals surface area contributed by atoms with Crippen molar-refractivity contribution in [1.29, 1.82) is 0 Å². The van der Waals surface area contributed by atoms with Crippen LogP contribution in [0, 0.1) is 0 Å². The number of rotatable bonds is 3. The summed E-state index contributed by atoms with van der Waals surface area (Å²) in [5.41, 5.74) is 13.4. The van der Waals surface area contributed by atoms with Gasteiger partial charge in [-0.1, -0.05) is 12.1 Å². The third-order valence-electron chi connectivity index (χ3n) is 1.86. The summed E-state index contributed by atoms with van der Waals surface area (Å²) < 4.78 is 0. The molecule has 0 aromatic heterocycles. The molecule has 0 aliphatic rings. The predicted molar refractivity (Wildman–Crippen MR) is 52.0 cm³/mol. The van der Waals surface area contributed by atoms with E-state index in [1.165, 1.54) is 0 Å². The normalized spacial score (nSPS) is 12.6. The van der Waals surface area contributed by atoms with Gasteiger partial charge in [0.2, 0.25) is 0 Å². The molecule has 1 aromatic rings. The molecule has 0 bridgehead atoms. The van der Waals surface area contributed by atoms with Crippen LogP contribution in [-0.4, -0.2) is 13.6 Å². The molecule has 0 saturated heterocycles. The summed E-state index contributed by atoms with van der Waals surface area (Å²) >= 11 is 0. The van der Waals surface area contributed by atoms with E-state index in [9.17, 15) is 0 Å². The van der Waals surface area contributed by atoms with Gasteiger partial charge in [-0.3, -0.25) is 0 Å². The molecule has 0 amide bonds. The van der Waals surface area contributed by atoms with E-state index in [1.54, 1.807) is 0 Å². The van der Waals surface area contributed by atoms with Crippen LogP contribution in [0.1, 0.15) is 11.6 Å². The van der Waals surface area contributed by atoms with E-state index in [4.69, 9.17) is 11.5 Å². The number of benzene rings is 1. The van der Waals surface area contributed by atoms with E-state index in [0.717, 1.165) is 11.3 Å². The van der Waals surface area contributed by atoms with Gasteiger partial charge in [0.25, 0.3) is 0 Å². The van der Waals surface area contributed by atoms with Gasteiger partial charge in [-0.2, -0.15) is 0 Å². The van der Waals surface area contributed by atoms with Gasteiger partial charge >= 0.3 is 0 Å². The van der Waals surface area contributed by atoms with Crippen LogP contribution in [0.2, 0.25) is 0 Å². The minimum Gasteiger partial charge on any atom is -0.388 e. The molecule has 0 radical (unpaired) electrons. The van der Waals surface area contributed by atoms with E-state index in [1.807, 2.05) is 31.3 Å². The Morgan fingerprint density at radius 3 is 2.83 bits per heavy atom. The minimum absolute atomic E-state index is 0.0571. The van der Waals surface area contributed by atoms with E-state index in [0.29, 0.717) is 6.54 Å². The zero-order chi connectivity index (χ0) is 8.97. The van der Waals surface area contributed by atoms with Crippen LogP contribution in [0.4, 0.5) is 5.69 Å². The number of hydrogen-bond donors (Lipinski definition) is 3. The average molecular weight is 165 g/mol. The van der Waals surface area contributed by atoms with Crippen LogP contribution in [0.15, 0.2) is 24.3 Å². The van der Waals surface area contributed by atoms with E-state index >= 15 is 0 Å². The molecule has 66 valence electrons. The van der Waals surface area contributed by atoms with Crippen LogP contribution in [-0.2, 0) is 0 Å². The fraction of sp³-hybridized carbons (Fsp3) is 0.333. The summed E-state index contributed by atoms with van der Waals surface area (Å²) in [6, 6.07) is 7.90. The van der Waals surface area contributed by atoms with Gasteiger partial charge < -0.3 is 16.8 Å². The molecule has 1 atom stereocenters. The molecule has 0 saturated carbocycles. The lowest BCUT2D eigenvalue weighted by Crippen LogP contribution is -2.20. The Kier molecular flexibility index (Phi) is 3.08. The molecule has 12 heavy (non-hydrogen) atoms. The Morgan fingerprint density at radius 2 is 2.25 bits per heavy atom. The van der Waals surface area contributed by atoms with Crippen molar-refractivity contribution in [2.45, 2.75) is 6.04 Å². The fourth-order valence-electron chi connectivity index (χ4n) is 1.06. The first-order valence-corrected chi connectivity index (χ1v) is 4.01. The molecule has 1 aromatic carbocycles. The summed E-state index contributed by atoms with van der Waals surface area (Å²) in [6.45, 7) is 0.479. The molecule has 3 heteroatoms. The first-order valence-electron chi connectivity index (χ1n) is 4.01. The highest BCUT2D eigenvalue weighted by Gasteiger charge is 2.02. The molecule has 0 heterocycles. The minimum atomic E-state index is -0.0571. The highest BCUT2D eigenvalue weighted by Crippen LogP contribution is 2.14. The second-order valence-electron chi connectivity index (χ2n) is 2.72. The molecule has 3 nitrogen and oxygen atoms in total. The third-order valence-corrected chi connectivity index (χ3v) is 1.86. The fourth-order valence-corrected chi connectivity index (χ4v) is 1.06. The van der Waals surface area contributed by atoms with Gasteiger partial charge in [0, 0.05) is 25.3 Å².